The molecule has 1 aliphatic heterocycles. The van der Waals surface area contributed by atoms with E-state index < -0.39 is 6.61 Å². The van der Waals surface area contributed by atoms with Crippen LogP contribution in [0.4, 0.5) is 14.5 Å². The largest absolute Gasteiger partial charge is 0.491 e. The van der Waals surface area contributed by atoms with Crippen molar-refractivity contribution < 1.29 is 18.3 Å². The Morgan fingerprint density at radius 3 is 2.71 bits per heavy atom. The number of H-pyrrole nitrogens is 1. The topological polar surface area (TPSA) is 46.3 Å². The molecule has 0 fully saturated rings. The van der Waals surface area contributed by atoms with Crippen LogP contribution in [0.3, 0.4) is 0 Å². The van der Waals surface area contributed by atoms with E-state index >= 15 is 0 Å². The standard InChI is InChI=1S/C17H13BrF2N2O2/c18-10-7-12-14-13(8-10)23-6-5-21-16(14)15(22-12)9-1-3-11(4-2-9)24-17(19)20/h1-4,7-8,17,21-22H,5-6H2. The van der Waals surface area contributed by atoms with Crippen LogP contribution in [0.1, 0.15) is 0 Å². The summed E-state index contributed by atoms with van der Waals surface area (Å²) in [5, 5.41) is 4.36. The summed E-state index contributed by atoms with van der Waals surface area (Å²) in [6.45, 7) is -1.58. The van der Waals surface area contributed by atoms with Gasteiger partial charge in [0.2, 0.25) is 0 Å². The molecule has 0 saturated carbocycles. The summed E-state index contributed by atoms with van der Waals surface area (Å²) in [6.07, 6.45) is 0. The molecule has 2 N–H and O–H groups in total. The number of aromatic amines is 1. The maximum absolute atomic E-state index is 12.3. The van der Waals surface area contributed by atoms with Gasteiger partial charge in [-0.1, -0.05) is 15.9 Å². The lowest BCUT2D eigenvalue weighted by Gasteiger charge is -2.08. The van der Waals surface area contributed by atoms with E-state index in [-0.39, 0.29) is 5.75 Å². The number of anilines is 1. The maximum Gasteiger partial charge on any atom is 0.387 e. The highest BCUT2D eigenvalue weighted by Gasteiger charge is 2.20. The molecule has 1 aromatic heterocycles. The van der Waals surface area contributed by atoms with Gasteiger partial charge in [-0.05, 0) is 36.4 Å². The van der Waals surface area contributed by atoms with E-state index in [2.05, 4.69) is 31.0 Å². The fourth-order valence-corrected chi connectivity index (χ4v) is 3.34. The third kappa shape index (κ3) is 2.69. The summed E-state index contributed by atoms with van der Waals surface area (Å²) in [5.41, 5.74) is 3.65. The van der Waals surface area contributed by atoms with Crippen LogP contribution in [0.2, 0.25) is 0 Å². The Morgan fingerprint density at radius 1 is 1.17 bits per heavy atom. The second-order valence-corrected chi connectivity index (χ2v) is 6.30. The molecule has 3 aromatic rings. The molecule has 4 nitrogen and oxygen atoms in total. The molecule has 0 atom stereocenters. The van der Waals surface area contributed by atoms with Crippen molar-refractivity contribution in [2.45, 2.75) is 6.61 Å². The van der Waals surface area contributed by atoms with Crippen LogP contribution in [0.5, 0.6) is 11.5 Å². The van der Waals surface area contributed by atoms with Gasteiger partial charge in [-0.25, -0.2) is 0 Å². The van der Waals surface area contributed by atoms with Gasteiger partial charge in [-0.15, -0.1) is 0 Å². The third-order valence-corrected chi connectivity index (χ3v) is 4.31. The molecule has 24 heavy (non-hydrogen) atoms. The van der Waals surface area contributed by atoms with E-state index in [1.165, 1.54) is 12.1 Å². The van der Waals surface area contributed by atoms with Gasteiger partial charge in [-0.3, -0.25) is 0 Å². The van der Waals surface area contributed by atoms with Crippen LogP contribution >= 0.6 is 15.9 Å². The van der Waals surface area contributed by atoms with E-state index in [0.29, 0.717) is 13.2 Å². The van der Waals surface area contributed by atoms with Crippen molar-refractivity contribution in [3.63, 3.8) is 0 Å². The van der Waals surface area contributed by atoms with Crippen LogP contribution in [0.25, 0.3) is 22.2 Å². The number of halogens is 3. The first-order chi connectivity index (χ1) is 11.6. The smallest absolute Gasteiger partial charge is 0.387 e. The molecule has 2 aromatic carbocycles. The summed E-state index contributed by atoms with van der Waals surface area (Å²) in [6, 6.07) is 10.5. The minimum absolute atomic E-state index is 0.135. The number of hydrogen-bond acceptors (Lipinski definition) is 3. The number of ether oxygens (including phenoxy) is 2. The second-order valence-electron chi connectivity index (χ2n) is 5.38. The monoisotopic (exact) mass is 394 g/mol. The van der Waals surface area contributed by atoms with Gasteiger partial charge in [-0.2, -0.15) is 8.78 Å². The zero-order valence-electron chi connectivity index (χ0n) is 12.4. The number of nitrogens with one attached hydrogen (secondary N) is 2. The average Bonchev–Trinajstić information content (AvgIpc) is 2.76. The Kier molecular flexibility index (Phi) is 3.80. The van der Waals surface area contributed by atoms with Crippen LogP contribution in [0.15, 0.2) is 40.9 Å². The van der Waals surface area contributed by atoms with Gasteiger partial charge in [0.15, 0.2) is 0 Å². The Labute approximate surface area is 144 Å². The molecular weight excluding hydrogens is 382 g/mol. The van der Waals surface area contributed by atoms with E-state index in [1.807, 2.05) is 12.1 Å². The van der Waals surface area contributed by atoms with Crippen molar-refractivity contribution >= 4 is 32.5 Å². The van der Waals surface area contributed by atoms with Gasteiger partial charge >= 0.3 is 6.61 Å². The molecule has 0 unspecified atom stereocenters. The van der Waals surface area contributed by atoms with Gasteiger partial charge in [0.25, 0.3) is 0 Å². The number of rotatable bonds is 3. The number of hydrogen-bond donors (Lipinski definition) is 2. The summed E-state index contributed by atoms with van der Waals surface area (Å²) in [4.78, 5) is 3.38. The molecule has 124 valence electrons. The first-order valence-electron chi connectivity index (χ1n) is 7.39. The lowest BCUT2D eigenvalue weighted by atomic mass is 10.1. The quantitative estimate of drug-likeness (QED) is 0.656. The number of aromatic nitrogens is 1. The highest BCUT2D eigenvalue weighted by Crippen LogP contribution is 2.42. The minimum atomic E-state index is -2.83. The summed E-state index contributed by atoms with van der Waals surface area (Å²) >= 11 is 3.49. The van der Waals surface area contributed by atoms with Crippen molar-refractivity contribution in [1.29, 1.82) is 0 Å². The summed E-state index contributed by atoms with van der Waals surface area (Å²) < 4.78 is 35.7. The van der Waals surface area contributed by atoms with Crippen molar-refractivity contribution in [3.05, 3.63) is 40.9 Å². The molecular formula is C17H13BrF2N2O2. The van der Waals surface area contributed by atoms with E-state index in [0.717, 1.165) is 38.1 Å². The Balaban J connectivity index is 1.83. The Morgan fingerprint density at radius 2 is 1.96 bits per heavy atom. The van der Waals surface area contributed by atoms with Crippen molar-refractivity contribution in [2.24, 2.45) is 0 Å². The first kappa shape index (κ1) is 15.3. The SMILES string of the molecule is FC(F)Oc1ccc(-c2[nH]c3cc(Br)cc4c3c2NCCO4)cc1. The molecule has 0 saturated heterocycles. The van der Waals surface area contributed by atoms with Crippen LogP contribution in [-0.4, -0.2) is 24.7 Å². The predicted molar refractivity (Wildman–Crippen MR) is 92.1 cm³/mol. The highest BCUT2D eigenvalue weighted by atomic mass is 79.9. The van der Waals surface area contributed by atoms with Gasteiger partial charge in [0, 0.05) is 16.6 Å². The number of alkyl halides is 2. The Hall–Kier alpha value is -2.28. The molecule has 0 radical (unpaired) electrons. The summed E-state index contributed by atoms with van der Waals surface area (Å²) in [5.74, 6) is 0.940. The Bertz CT molecular complexity index is 894. The summed E-state index contributed by atoms with van der Waals surface area (Å²) in [7, 11) is 0. The number of benzene rings is 2. The molecule has 1 aliphatic rings. The van der Waals surface area contributed by atoms with Crippen molar-refractivity contribution in [2.75, 3.05) is 18.5 Å². The zero-order chi connectivity index (χ0) is 16.7. The highest BCUT2D eigenvalue weighted by molar-refractivity contribution is 9.10. The molecule has 0 aliphatic carbocycles. The molecule has 0 spiro atoms. The van der Waals surface area contributed by atoms with E-state index in [1.54, 1.807) is 12.1 Å². The predicted octanol–water partition coefficient (Wildman–Crippen LogP) is 5.00. The lowest BCUT2D eigenvalue weighted by molar-refractivity contribution is -0.0498. The van der Waals surface area contributed by atoms with Crippen molar-refractivity contribution in [3.8, 4) is 22.8 Å². The van der Waals surface area contributed by atoms with Crippen LogP contribution < -0.4 is 14.8 Å². The van der Waals surface area contributed by atoms with Crippen molar-refractivity contribution in [1.82, 2.24) is 4.98 Å². The maximum atomic E-state index is 12.3. The normalized spacial score (nSPS) is 13.5. The molecule has 2 heterocycles. The van der Waals surface area contributed by atoms with Gasteiger partial charge in [0.05, 0.1) is 22.3 Å². The first-order valence-corrected chi connectivity index (χ1v) is 8.18. The average molecular weight is 395 g/mol. The van der Waals surface area contributed by atoms with E-state index in [9.17, 15) is 8.78 Å². The molecule has 4 rings (SSSR count). The van der Waals surface area contributed by atoms with Gasteiger partial charge < -0.3 is 19.8 Å². The minimum Gasteiger partial charge on any atom is -0.491 e. The van der Waals surface area contributed by atoms with Crippen LogP contribution in [-0.2, 0) is 0 Å². The third-order valence-electron chi connectivity index (χ3n) is 3.86. The van der Waals surface area contributed by atoms with Gasteiger partial charge in [0.1, 0.15) is 18.1 Å². The molecule has 7 heteroatoms. The van der Waals surface area contributed by atoms with Crippen LogP contribution in [0, 0.1) is 0 Å². The van der Waals surface area contributed by atoms with E-state index in [4.69, 9.17) is 4.74 Å². The zero-order valence-corrected chi connectivity index (χ0v) is 14.0. The second kappa shape index (κ2) is 5.98. The molecule has 0 bridgehead atoms. The fourth-order valence-electron chi connectivity index (χ4n) is 2.91. The molecule has 0 amide bonds. The lowest BCUT2D eigenvalue weighted by Crippen LogP contribution is -2.08. The fraction of sp³-hybridized carbons (Fsp3) is 0.176.